The highest BCUT2D eigenvalue weighted by atomic mass is 16.6. The molecule has 1 rings (SSSR count). The van der Waals surface area contributed by atoms with Gasteiger partial charge >= 0.3 is 6.09 Å². The van der Waals surface area contributed by atoms with Crippen LogP contribution in [0.1, 0.15) is 33.6 Å². The molecule has 1 aliphatic heterocycles. The number of piperidine rings is 1. The first-order valence-electron chi connectivity index (χ1n) is 5.22. The molecule has 1 fully saturated rings. The summed E-state index contributed by atoms with van der Waals surface area (Å²) in [5.41, 5.74) is 2.95. The lowest BCUT2D eigenvalue weighted by Gasteiger charge is -2.19. The van der Waals surface area contributed by atoms with Gasteiger partial charge in [0.25, 0.3) is 0 Å². The molecule has 0 saturated carbocycles. The number of ether oxygens (including phenoxy) is 1. The van der Waals surface area contributed by atoms with Gasteiger partial charge in [-0.3, -0.25) is 0 Å². The summed E-state index contributed by atoms with van der Waals surface area (Å²) in [5.74, 6) is 0. The molecule has 1 aliphatic rings. The Kier molecular flexibility index (Phi) is 4.08. The van der Waals surface area contributed by atoms with Crippen molar-refractivity contribution in [3.05, 3.63) is 0 Å². The van der Waals surface area contributed by atoms with Crippen molar-refractivity contribution >= 4 is 11.8 Å². The van der Waals surface area contributed by atoms with E-state index in [1.54, 1.807) is 0 Å². The number of rotatable bonds is 1. The lowest BCUT2D eigenvalue weighted by atomic mass is 10.1. The summed E-state index contributed by atoms with van der Waals surface area (Å²) in [6.45, 7) is 7.32. The molecule has 86 valence electrons. The van der Waals surface area contributed by atoms with E-state index in [1.165, 1.54) is 0 Å². The number of carbonyl (C=O) groups excluding carboxylic acids is 1. The van der Waals surface area contributed by atoms with Crippen LogP contribution >= 0.6 is 0 Å². The minimum absolute atomic E-state index is 0.474. The summed E-state index contributed by atoms with van der Waals surface area (Å²) in [5, 5.41) is 7.24. The van der Waals surface area contributed by atoms with Crippen molar-refractivity contribution < 1.29 is 9.53 Å². The number of nitrogens with zero attached hydrogens (tertiary/aromatic N) is 1. The van der Waals surface area contributed by atoms with E-state index < -0.39 is 11.7 Å². The Bertz CT molecular complexity index is 248. The second kappa shape index (κ2) is 5.11. The van der Waals surface area contributed by atoms with Gasteiger partial charge in [0.05, 0.1) is 0 Å². The highest BCUT2D eigenvalue weighted by molar-refractivity contribution is 5.86. The SMILES string of the molecule is CC(C)(C)OC(=O)NN=C1CCNCC1. The molecule has 0 bridgehead atoms. The second-order valence-corrected chi connectivity index (χ2v) is 4.54. The normalized spacial score (nSPS) is 17.1. The first-order chi connectivity index (χ1) is 6.97. The maximum Gasteiger partial charge on any atom is 0.428 e. The second-order valence-electron chi connectivity index (χ2n) is 4.54. The van der Waals surface area contributed by atoms with Crippen LogP contribution in [0.25, 0.3) is 0 Å². The van der Waals surface area contributed by atoms with Crippen molar-refractivity contribution in [1.82, 2.24) is 10.7 Å². The highest BCUT2D eigenvalue weighted by Gasteiger charge is 2.15. The minimum Gasteiger partial charge on any atom is -0.443 e. The Hall–Kier alpha value is -1.10. The lowest BCUT2D eigenvalue weighted by Crippen LogP contribution is -2.32. The Morgan fingerprint density at radius 2 is 2.00 bits per heavy atom. The maximum atomic E-state index is 11.2. The molecule has 0 unspecified atom stereocenters. The number of hydrogen-bond donors (Lipinski definition) is 2. The average Bonchev–Trinajstić information content (AvgIpc) is 2.14. The highest BCUT2D eigenvalue weighted by Crippen LogP contribution is 2.06. The Labute approximate surface area is 90.3 Å². The van der Waals surface area contributed by atoms with Crippen molar-refractivity contribution in [2.24, 2.45) is 5.10 Å². The van der Waals surface area contributed by atoms with Crippen molar-refractivity contribution in [3.8, 4) is 0 Å². The van der Waals surface area contributed by atoms with Gasteiger partial charge in [0, 0.05) is 31.6 Å². The third-order valence-electron chi connectivity index (χ3n) is 1.88. The monoisotopic (exact) mass is 213 g/mol. The summed E-state index contributed by atoms with van der Waals surface area (Å²) in [7, 11) is 0. The van der Waals surface area contributed by atoms with Crippen molar-refractivity contribution in [1.29, 1.82) is 0 Å². The molecule has 0 radical (unpaired) electrons. The summed E-state index contributed by atoms with van der Waals surface area (Å²) in [4.78, 5) is 11.2. The largest absolute Gasteiger partial charge is 0.443 e. The molecule has 5 nitrogen and oxygen atoms in total. The standard InChI is InChI=1S/C10H19N3O2/c1-10(2,3)15-9(14)13-12-8-4-6-11-7-5-8/h11H,4-7H2,1-3H3,(H,13,14). The minimum atomic E-state index is -0.492. The topological polar surface area (TPSA) is 62.7 Å². The molecular formula is C10H19N3O2. The first kappa shape index (κ1) is 12.0. The Morgan fingerprint density at radius 3 is 2.53 bits per heavy atom. The summed E-state index contributed by atoms with van der Waals surface area (Å²) < 4.78 is 5.06. The van der Waals surface area contributed by atoms with Gasteiger partial charge in [0.15, 0.2) is 0 Å². The van der Waals surface area contributed by atoms with E-state index in [9.17, 15) is 4.79 Å². The Morgan fingerprint density at radius 1 is 1.40 bits per heavy atom. The predicted molar refractivity (Wildman–Crippen MR) is 58.9 cm³/mol. The van der Waals surface area contributed by atoms with Gasteiger partial charge in [-0.15, -0.1) is 0 Å². The van der Waals surface area contributed by atoms with E-state index in [0.29, 0.717) is 0 Å². The number of nitrogens with one attached hydrogen (secondary N) is 2. The van der Waals surface area contributed by atoms with Crippen LogP contribution in [0.5, 0.6) is 0 Å². The Balaban J connectivity index is 2.32. The zero-order chi connectivity index (χ0) is 11.3. The van der Waals surface area contributed by atoms with Crippen LogP contribution in [0, 0.1) is 0 Å². The van der Waals surface area contributed by atoms with Crippen molar-refractivity contribution in [2.75, 3.05) is 13.1 Å². The van der Waals surface area contributed by atoms with E-state index in [2.05, 4.69) is 15.8 Å². The quantitative estimate of drug-likeness (QED) is 0.644. The molecule has 0 aromatic rings. The molecule has 5 heteroatoms. The third kappa shape index (κ3) is 5.37. The van der Waals surface area contributed by atoms with Crippen LogP contribution in [0.4, 0.5) is 4.79 Å². The van der Waals surface area contributed by atoms with Gasteiger partial charge in [0.1, 0.15) is 5.60 Å². The van der Waals surface area contributed by atoms with Gasteiger partial charge in [0.2, 0.25) is 0 Å². The van der Waals surface area contributed by atoms with Gasteiger partial charge in [-0.05, 0) is 20.8 Å². The van der Waals surface area contributed by atoms with E-state index in [1.807, 2.05) is 20.8 Å². The van der Waals surface area contributed by atoms with Crippen LogP contribution in [-0.4, -0.2) is 30.5 Å². The summed E-state index contributed by atoms with van der Waals surface area (Å²) in [6, 6.07) is 0. The lowest BCUT2D eigenvalue weighted by molar-refractivity contribution is 0.0529. The number of amides is 1. The third-order valence-corrected chi connectivity index (χ3v) is 1.88. The maximum absolute atomic E-state index is 11.2. The van der Waals surface area contributed by atoms with Crippen LogP contribution in [-0.2, 0) is 4.74 Å². The van der Waals surface area contributed by atoms with E-state index in [0.717, 1.165) is 31.6 Å². The molecule has 1 saturated heterocycles. The molecule has 0 aromatic carbocycles. The predicted octanol–water partition coefficient (Wildman–Crippen LogP) is 1.25. The number of hydrazone groups is 1. The molecule has 15 heavy (non-hydrogen) atoms. The smallest absolute Gasteiger partial charge is 0.428 e. The average molecular weight is 213 g/mol. The van der Waals surface area contributed by atoms with E-state index >= 15 is 0 Å². The molecule has 1 heterocycles. The fourth-order valence-electron chi connectivity index (χ4n) is 1.25. The van der Waals surface area contributed by atoms with Crippen LogP contribution in [0.15, 0.2) is 5.10 Å². The molecule has 0 spiro atoms. The molecule has 0 atom stereocenters. The van der Waals surface area contributed by atoms with Gasteiger partial charge in [-0.25, -0.2) is 10.2 Å². The van der Waals surface area contributed by atoms with Crippen molar-refractivity contribution in [3.63, 3.8) is 0 Å². The van der Waals surface area contributed by atoms with E-state index in [-0.39, 0.29) is 0 Å². The van der Waals surface area contributed by atoms with Gasteiger partial charge < -0.3 is 10.1 Å². The zero-order valence-electron chi connectivity index (χ0n) is 9.59. The summed E-state index contributed by atoms with van der Waals surface area (Å²) >= 11 is 0. The number of hydrogen-bond acceptors (Lipinski definition) is 4. The van der Waals surface area contributed by atoms with Gasteiger partial charge in [-0.2, -0.15) is 5.10 Å². The van der Waals surface area contributed by atoms with Gasteiger partial charge in [-0.1, -0.05) is 0 Å². The summed E-state index contributed by atoms with van der Waals surface area (Å²) in [6.07, 6.45) is 1.28. The van der Waals surface area contributed by atoms with Crippen LogP contribution in [0.3, 0.4) is 0 Å². The molecule has 1 amide bonds. The fraction of sp³-hybridized carbons (Fsp3) is 0.800. The van der Waals surface area contributed by atoms with Crippen molar-refractivity contribution in [2.45, 2.75) is 39.2 Å². The molecule has 0 aliphatic carbocycles. The van der Waals surface area contributed by atoms with Crippen LogP contribution in [0.2, 0.25) is 0 Å². The zero-order valence-corrected chi connectivity index (χ0v) is 9.59. The number of carbonyl (C=O) groups is 1. The van der Waals surface area contributed by atoms with E-state index in [4.69, 9.17) is 4.74 Å². The first-order valence-corrected chi connectivity index (χ1v) is 5.22. The molecular weight excluding hydrogens is 194 g/mol. The fourth-order valence-corrected chi connectivity index (χ4v) is 1.25. The molecule has 2 N–H and O–H groups in total. The van der Waals surface area contributed by atoms with Crippen LogP contribution < -0.4 is 10.7 Å². The molecule has 0 aromatic heterocycles.